The fourth-order valence-corrected chi connectivity index (χ4v) is 2.05. The lowest BCUT2D eigenvalue weighted by atomic mass is 9.74. The highest BCUT2D eigenvalue weighted by Crippen LogP contribution is 2.31. The van der Waals surface area contributed by atoms with E-state index in [1.54, 1.807) is 0 Å². The Kier molecular flexibility index (Phi) is 2.35. The Morgan fingerprint density at radius 1 is 1.10 bits per heavy atom. The summed E-state index contributed by atoms with van der Waals surface area (Å²) in [6, 6.07) is 0.457. The second kappa shape index (κ2) is 2.91. The van der Waals surface area contributed by atoms with Crippen LogP contribution in [0.1, 0.15) is 33.6 Å². The zero-order valence-electron chi connectivity index (χ0n) is 7.30. The van der Waals surface area contributed by atoms with Crippen LogP contribution in [0.25, 0.3) is 0 Å². The Labute approximate surface area is 64.0 Å². The van der Waals surface area contributed by atoms with Gasteiger partial charge in [-0.15, -0.1) is 0 Å². The molecule has 0 radical (unpaired) electrons. The molecule has 0 aromatic rings. The lowest BCUT2D eigenvalue weighted by Crippen LogP contribution is -2.38. The van der Waals surface area contributed by atoms with Gasteiger partial charge in [0.1, 0.15) is 0 Å². The van der Waals surface area contributed by atoms with Crippen molar-refractivity contribution in [2.45, 2.75) is 39.7 Å². The van der Waals surface area contributed by atoms with Crippen LogP contribution in [0, 0.1) is 17.8 Å². The molecule has 0 saturated heterocycles. The largest absolute Gasteiger partial charge is 0.327 e. The van der Waals surface area contributed by atoms with Crippen molar-refractivity contribution in [3.8, 4) is 0 Å². The first-order valence-corrected chi connectivity index (χ1v) is 4.37. The first-order chi connectivity index (χ1) is 4.61. The third-order valence-electron chi connectivity index (χ3n) is 3.02. The summed E-state index contributed by atoms with van der Waals surface area (Å²) in [5.41, 5.74) is 5.96. The van der Waals surface area contributed by atoms with Crippen molar-refractivity contribution < 1.29 is 0 Å². The number of rotatable bonds is 0. The predicted molar refractivity (Wildman–Crippen MR) is 44.7 cm³/mol. The smallest absolute Gasteiger partial charge is 0.00696 e. The van der Waals surface area contributed by atoms with E-state index in [0.717, 1.165) is 17.8 Å². The van der Waals surface area contributed by atoms with Crippen LogP contribution in [0.4, 0.5) is 0 Å². The summed E-state index contributed by atoms with van der Waals surface area (Å²) in [7, 11) is 0. The van der Waals surface area contributed by atoms with Crippen LogP contribution in [0.3, 0.4) is 0 Å². The Hall–Kier alpha value is -0.0400. The first-order valence-electron chi connectivity index (χ1n) is 4.37. The molecule has 1 rings (SSSR count). The maximum atomic E-state index is 5.96. The summed E-state index contributed by atoms with van der Waals surface area (Å²) in [5, 5.41) is 0. The molecule has 0 bridgehead atoms. The van der Waals surface area contributed by atoms with Gasteiger partial charge in [0, 0.05) is 6.04 Å². The molecule has 0 spiro atoms. The Balaban J connectivity index is 2.49. The molecule has 0 amide bonds. The molecule has 1 saturated carbocycles. The average Bonchev–Trinajstić information content (AvgIpc) is 1.82. The zero-order chi connectivity index (χ0) is 7.72. The van der Waals surface area contributed by atoms with Gasteiger partial charge in [-0.25, -0.2) is 0 Å². The molecule has 1 heteroatoms. The molecule has 0 aliphatic heterocycles. The first kappa shape index (κ1) is 8.06. The molecule has 1 aliphatic rings. The van der Waals surface area contributed by atoms with Gasteiger partial charge in [0.25, 0.3) is 0 Å². The van der Waals surface area contributed by atoms with Crippen molar-refractivity contribution in [1.29, 1.82) is 0 Å². The lowest BCUT2D eigenvalue weighted by Gasteiger charge is -2.35. The number of hydrogen-bond acceptors (Lipinski definition) is 1. The molecule has 0 heterocycles. The van der Waals surface area contributed by atoms with Gasteiger partial charge in [0.2, 0.25) is 0 Å². The molecule has 2 N–H and O–H groups in total. The molecule has 4 unspecified atom stereocenters. The van der Waals surface area contributed by atoms with Gasteiger partial charge in [-0.05, 0) is 30.6 Å². The molecule has 1 aliphatic carbocycles. The van der Waals surface area contributed by atoms with Gasteiger partial charge in [0.05, 0.1) is 0 Å². The third kappa shape index (κ3) is 1.51. The molecule has 4 atom stereocenters. The number of nitrogens with two attached hydrogens (primary N) is 1. The van der Waals surface area contributed by atoms with Crippen molar-refractivity contribution in [2.75, 3.05) is 0 Å². The van der Waals surface area contributed by atoms with E-state index in [1.807, 2.05) is 0 Å². The minimum absolute atomic E-state index is 0.457. The van der Waals surface area contributed by atoms with Gasteiger partial charge in [0.15, 0.2) is 0 Å². The Bertz CT molecular complexity index is 99.3. The van der Waals surface area contributed by atoms with E-state index < -0.39 is 0 Å². The van der Waals surface area contributed by atoms with Gasteiger partial charge in [-0.1, -0.05) is 20.8 Å². The van der Waals surface area contributed by atoms with Crippen LogP contribution < -0.4 is 5.73 Å². The fourth-order valence-electron chi connectivity index (χ4n) is 2.05. The van der Waals surface area contributed by atoms with Gasteiger partial charge < -0.3 is 5.73 Å². The van der Waals surface area contributed by atoms with Crippen molar-refractivity contribution in [3.63, 3.8) is 0 Å². The highest BCUT2D eigenvalue weighted by molar-refractivity contribution is 4.82. The fraction of sp³-hybridized carbons (Fsp3) is 1.00. The van der Waals surface area contributed by atoms with Crippen molar-refractivity contribution in [1.82, 2.24) is 0 Å². The van der Waals surface area contributed by atoms with Gasteiger partial charge in [-0.2, -0.15) is 0 Å². The standard InChI is InChI=1S/C9H19N/c1-6-4-7(2)8(3)9(10)5-6/h6-9H,4-5,10H2,1-3H3. The highest BCUT2D eigenvalue weighted by Gasteiger charge is 2.27. The van der Waals surface area contributed by atoms with Crippen LogP contribution in [0.5, 0.6) is 0 Å². The minimum Gasteiger partial charge on any atom is -0.327 e. The molecule has 10 heavy (non-hydrogen) atoms. The topological polar surface area (TPSA) is 26.0 Å². The Morgan fingerprint density at radius 3 is 2.20 bits per heavy atom. The summed E-state index contributed by atoms with van der Waals surface area (Å²) in [5.74, 6) is 2.41. The van der Waals surface area contributed by atoms with E-state index in [0.29, 0.717) is 6.04 Å². The monoisotopic (exact) mass is 141 g/mol. The van der Waals surface area contributed by atoms with E-state index in [4.69, 9.17) is 5.73 Å². The quantitative estimate of drug-likeness (QED) is 0.548. The lowest BCUT2D eigenvalue weighted by molar-refractivity contribution is 0.189. The Morgan fingerprint density at radius 2 is 1.70 bits per heavy atom. The van der Waals surface area contributed by atoms with Crippen LogP contribution >= 0.6 is 0 Å². The summed E-state index contributed by atoms with van der Waals surface area (Å²) in [6.07, 6.45) is 2.60. The molecule has 1 fully saturated rings. The summed E-state index contributed by atoms with van der Waals surface area (Å²) >= 11 is 0. The van der Waals surface area contributed by atoms with E-state index >= 15 is 0 Å². The van der Waals surface area contributed by atoms with Gasteiger partial charge in [-0.3, -0.25) is 0 Å². The normalized spacial score (nSPS) is 49.2. The van der Waals surface area contributed by atoms with Crippen molar-refractivity contribution in [2.24, 2.45) is 23.5 Å². The minimum atomic E-state index is 0.457. The third-order valence-corrected chi connectivity index (χ3v) is 3.02. The van der Waals surface area contributed by atoms with E-state index in [1.165, 1.54) is 12.8 Å². The van der Waals surface area contributed by atoms with Crippen LogP contribution in [0.15, 0.2) is 0 Å². The second-order valence-electron chi connectivity index (χ2n) is 4.08. The van der Waals surface area contributed by atoms with Crippen LogP contribution in [-0.4, -0.2) is 6.04 Å². The molecular formula is C9H19N. The number of hydrogen-bond donors (Lipinski definition) is 1. The SMILES string of the molecule is CC1CC(C)C(C)C(N)C1. The van der Waals surface area contributed by atoms with Crippen LogP contribution in [-0.2, 0) is 0 Å². The zero-order valence-corrected chi connectivity index (χ0v) is 7.30. The molecule has 60 valence electrons. The molecule has 1 nitrogen and oxygen atoms in total. The highest BCUT2D eigenvalue weighted by atomic mass is 14.7. The summed E-state index contributed by atoms with van der Waals surface area (Å²) in [4.78, 5) is 0. The van der Waals surface area contributed by atoms with Gasteiger partial charge >= 0.3 is 0 Å². The molecule has 0 aromatic heterocycles. The molecular weight excluding hydrogens is 122 g/mol. The molecule has 0 aromatic carbocycles. The van der Waals surface area contributed by atoms with E-state index in [-0.39, 0.29) is 0 Å². The average molecular weight is 141 g/mol. The van der Waals surface area contributed by atoms with Crippen molar-refractivity contribution >= 4 is 0 Å². The van der Waals surface area contributed by atoms with Crippen LogP contribution in [0.2, 0.25) is 0 Å². The maximum absolute atomic E-state index is 5.96. The van der Waals surface area contributed by atoms with E-state index in [2.05, 4.69) is 20.8 Å². The van der Waals surface area contributed by atoms with E-state index in [9.17, 15) is 0 Å². The maximum Gasteiger partial charge on any atom is 0.00696 e. The predicted octanol–water partition coefficient (Wildman–Crippen LogP) is 2.02. The summed E-state index contributed by atoms with van der Waals surface area (Å²) in [6.45, 7) is 6.91. The second-order valence-corrected chi connectivity index (χ2v) is 4.08. The summed E-state index contributed by atoms with van der Waals surface area (Å²) < 4.78 is 0. The van der Waals surface area contributed by atoms with Crippen molar-refractivity contribution in [3.05, 3.63) is 0 Å².